The summed E-state index contributed by atoms with van der Waals surface area (Å²) in [4.78, 5) is 28.9. The Kier molecular flexibility index (Phi) is 9.59. The van der Waals surface area contributed by atoms with E-state index in [1.54, 1.807) is 36.4 Å². The molecule has 0 saturated heterocycles. The quantitative estimate of drug-likeness (QED) is 0.208. The lowest BCUT2D eigenvalue weighted by Crippen LogP contribution is -2.52. The second kappa shape index (κ2) is 12.5. The molecule has 3 aromatic rings. The molecule has 8 nitrogen and oxygen atoms in total. The van der Waals surface area contributed by atoms with Gasteiger partial charge in [-0.25, -0.2) is 18.0 Å². The first kappa shape index (κ1) is 29.2. The molecule has 202 valence electrons. The zero-order chi connectivity index (χ0) is 28.0. The number of nitrogens with zero attached hydrogens (tertiary/aromatic N) is 2. The number of aryl methyl sites for hydroxylation is 1. The van der Waals surface area contributed by atoms with E-state index < -0.39 is 34.0 Å². The van der Waals surface area contributed by atoms with Crippen molar-refractivity contribution in [1.29, 1.82) is 0 Å². The van der Waals surface area contributed by atoms with Crippen molar-refractivity contribution in [3.8, 4) is 0 Å². The van der Waals surface area contributed by atoms with E-state index >= 15 is 0 Å². The molecule has 38 heavy (non-hydrogen) atoms. The van der Waals surface area contributed by atoms with Crippen LogP contribution in [0.1, 0.15) is 22.7 Å². The van der Waals surface area contributed by atoms with Gasteiger partial charge in [-0.1, -0.05) is 54.1 Å². The van der Waals surface area contributed by atoms with E-state index in [9.17, 15) is 18.0 Å². The maximum absolute atomic E-state index is 14.4. The minimum Gasteiger partial charge on any atom is -0.467 e. The summed E-state index contributed by atoms with van der Waals surface area (Å²) in [5.74, 6) is -2.10. The Morgan fingerprint density at radius 3 is 1.95 bits per heavy atom. The molecule has 0 bridgehead atoms. The Hall–Kier alpha value is -3.34. The van der Waals surface area contributed by atoms with Crippen LogP contribution in [0.15, 0.2) is 82.6 Å². The third-order valence-electron chi connectivity index (χ3n) is 6.10. The van der Waals surface area contributed by atoms with E-state index in [0.717, 1.165) is 34.7 Å². The Balaban J connectivity index is 2.44. The second-order valence-corrected chi connectivity index (χ2v) is 11.4. The zero-order valence-electron chi connectivity index (χ0n) is 22.2. The monoisotopic (exact) mass is 556 g/mol. The molecular weight excluding hydrogens is 524 g/mol. The van der Waals surface area contributed by atoms with Gasteiger partial charge in [0.2, 0.25) is 16.1 Å². The number of carbonyl (C=O) groups excluding carboxylic acids is 2. The molecule has 0 aliphatic carbocycles. The number of ether oxygens (including phenoxy) is 2. The van der Waals surface area contributed by atoms with Gasteiger partial charge in [0.15, 0.2) is 0 Å². The number of anilines is 1. The lowest BCUT2D eigenvalue weighted by Gasteiger charge is -2.36. The predicted molar refractivity (Wildman–Crippen MR) is 149 cm³/mol. The van der Waals surface area contributed by atoms with Gasteiger partial charge in [-0.2, -0.15) is 4.31 Å². The number of methoxy groups -OCH3 is 2. The molecular formula is C28H32N2O6S2. The van der Waals surface area contributed by atoms with Crippen LogP contribution < -0.4 is 4.90 Å². The summed E-state index contributed by atoms with van der Waals surface area (Å²) in [7, 11) is 1.56. The Morgan fingerprint density at radius 2 is 1.45 bits per heavy atom. The van der Waals surface area contributed by atoms with Gasteiger partial charge in [0, 0.05) is 24.7 Å². The summed E-state index contributed by atoms with van der Waals surface area (Å²) in [6, 6.07) is 17.8. The number of sulfonamides is 1. The normalized spacial score (nSPS) is 12.3. The molecule has 0 fully saturated rings. The number of hydrogen-bond donors (Lipinski definition) is 0. The van der Waals surface area contributed by atoms with Gasteiger partial charge in [-0.15, -0.1) is 11.8 Å². The van der Waals surface area contributed by atoms with E-state index in [0.29, 0.717) is 11.1 Å². The first-order valence-corrected chi connectivity index (χ1v) is 14.4. The van der Waals surface area contributed by atoms with Crippen molar-refractivity contribution in [1.82, 2.24) is 4.31 Å². The molecule has 0 amide bonds. The summed E-state index contributed by atoms with van der Waals surface area (Å²) in [6.45, 7) is 1.84. The van der Waals surface area contributed by atoms with Gasteiger partial charge in [0.25, 0.3) is 0 Å². The van der Waals surface area contributed by atoms with Crippen molar-refractivity contribution in [2.75, 3.05) is 39.5 Å². The van der Waals surface area contributed by atoms with Crippen LogP contribution >= 0.6 is 11.8 Å². The van der Waals surface area contributed by atoms with Crippen LogP contribution in [0.3, 0.4) is 0 Å². The molecule has 0 aromatic heterocycles. The average molecular weight is 557 g/mol. The number of hydrogen-bond acceptors (Lipinski definition) is 8. The molecule has 3 aromatic carbocycles. The lowest BCUT2D eigenvalue weighted by atomic mass is 9.97. The molecule has 10 heteroatoms. The molecule has 1 unspecified atom stereocenters. The molecule has 0 heterocycles. The standard InChI is InChI=1S/C28H32N2O6S2/c1-19-12-15-22(16-13-19)38(33,34)30(26(27(31)35-4)28(32)36-5)25(20-10-8-7-9-11-20)23-17-14-21(29(2)3)18-24(23)37-6/h7-18,25-26H,1-6H3. The van der Waals surface area contributed by atoms with Gasteiger partial charge >= 0.3 is 11.9 Å². The summed E-state index contributed by atoms with van der Waals surface area (Å²) in [5, 5.41) is 0. The van der Waals surface area contributed by atoms with Crippen LogP contribution in [-0.2, 0) is 29.1 Å². The molecule has 0 N–H and O–H groups in total. The Morgan fingerprint density at radius 1 is 0.868 bits per heavy atom. The van der Waals surface area contributed by atoms with Crippen LogP contribution in [0.2, 0.25) is 0 Å². The topological polar surface area (TPSA) is 93.2 Å². The molecule has 0 aliphatic heterocycles. The van der Waals surface area contributed by atoms with E-state index in [4.69, 9.17) is 9.47 Å². The molecule has 0 radical (unpaired) electrons. The Labute approximate surface area is 228 Å². The number of esters is 2. The van der Waals surface area contributed by atoms with Crippen molar-refractivity contribution < 1.29 is 27.5 Å². The maximum atomic E-state index is 14.4. The third kappa shape index (κ3) is 6.03. The summed E-state index contributed by atoms with van der Waals surface area (Å²) < 4.78 is 39.6. The fourth-order valence-corrected chi connectivity index (χ4v) is 6.43. The van der Waals surface area contributed by atoms with Crippen LogP contribution in [0.5, 0.6) is 0 Å². The van der Waals surface area contributed by atoms with Crippen LogP contribution in [0.25, 0.3) is 0 Å². The van der Waals surface area contributed by atoms with Crippen molar-refractivity contribution in [3.63, 3.8) is 0 Å². The minimum atomic E-state index is -4.46. The molecule has 0 aliphatic rings. The van der Waals surface area contributed by atoms with E-state index in [2.05, 4.69) is 0 Å². The summed E-state index contributed by atoms with van der Waals surface area (Å²) in [6.07, 6.45) is 1.89. The largest absolute Gasteiger partial charge is 0.467 e. The molecule has 0 saturated carbocycles. The number of thioether (sulfide) groups is 1. The van der Waals surface area contributed by atoms with Gasteiger partial charge < -0.3 is 14.4 Å². The smallest absolute Gasteiger partial charge is 0.335 e. The van der Waals surface area contributed by atoms with E-state index in [-0.39, 0.29) is 4.90 Å². The highest BCUT2D eigenvalue weighted by Gasteiger charge is 2.48. The zero-order valence-corrected chi connectivity index (χ0v) is 23.9. The fraction of sp³-hybridized carbons (Fsp3) is 0.286. The van der Waals surface area contributed by atoms with Gasteiger partial charge in [-0.3, -0.25) is 0 Å². The maximum Gasteiger partial charge on any atom is 0.335 e. The highest BCUT2D eigenvalue weighted by atomic mass is 32.2. The SMILES string of the molecule is COC(=O)C(C(=O)OC)N(C(c1ccccc1)c1ccc(N(C)C)cc1SC)S(=O)(=O)c1ccc(C)cc1. The van der Waals surface area contributed by atoms with E-state index in [1.807, 2.05) is 56.4 Å². The van der Waals surface area contributed by atoms with Crippen molar-refractivity contribution >= 4 is 39.4 Å². The fourth-order valence-electron chi connectivity index (χ4n) is 4.09. The highest BCUT2D eigenvalue weighted by molar-refractivity contribution is 7.98. The van der Waals surface area contributed by atoms with Crippen molar-refractivity contribution in [3.05, 3.63) is 89.5 Å². The second-order valence-electron chi connectivity index (χ2n) is 8.73. The first-order valence-electron chi connectivity index (χ1n) is 11.7. The predicted octanol–water partition coefficient (Wildman–Crippen LogP) is 4.28. The van der Waals surface area contributed by atoms with Gasteiger partial charge in [-0.05, 0) is 48.6 Å². The number of carbonyl (C=O) groups is 2. The molecule has 0 spiro atoms. The summed E-state index contributed by atoms with van der Waals surface area (Å²) >= 11 is 1.44. The van der Waals surface area contributed by atoms with Crippen molar-refractivity contribution in [2.24, 2.45) is 0 Å². The first-order chi connectivity index (χ1) is 18.1. The molecule has 3 rings (SSSR count). The highest BCUT2D eigenvalue weighted by Crippen LogP contribution is 2.41. The van der Waals surface area contributed by atoms with Crippen LogP contribution in [0.4, 0.5) is 5.69 Å². The van der Waals surface area contributed by atoms with Crippen LogP contribution in [-0.4, -0.2) is 65.3 Å². The minimum absolute atomic E-state index is 0.0718. The Bertz CT molecular complexity index is 1360. The summed E-state index contributed by atoms with van der Waals surface area (Å²) in [5.41, 5.74) is 2.93. The van der Waals surface area contributed by atoms with Gasteiger partial charge in [0.1, 0.15) is 0 Å². The third-order valence-corrected chi connectivity index (χ3v) is 8.74. The van der Waals surface area contributed by atoms with E-state index in [1.165, 1.54) is 23.9 Å². The molecule has 1 atom stereocenters. The lowest BCUT2D eigenvalue weighted by molar-refractivity contribution is -0.158. The number of rotatable bonds is 10. The van der Waals surface area contributed by atoms with Crippen LogP contribution in [0, 0.1) is 6.92 Å². The van der Waals surface area contributed by atoms with Gasteiger partial charge in [0.05, 0.1) is 25.2 Å². The number of benzene rings is 3. The average Bonchev–Trinajstić information content (AvgIpc) is 2.92. The van der Waals surface area contributed by atoms with Crippen molar-refractivity contribution in [2.45, 2.75) is 28.8 Å².